The van der Waals surface area contributed by atoms with Crippen LogP contribution in [0.25, 0.3) is 0 Å². The number of carbonyl (C=O) groups excluding carboxylic acids is 2. The Balaban J connectivity index is 2.39. The number of nitrogens with zero attached hydrogens (tertiary/aromatic N) is 1. The van der Waals surface area contributed by atoms with Crippen molar-refractivity contribution in [3.8, 4) is 0 Å². The van der Waals surface area contributed by atoms with Crippen molar-refractivity contribution < 1.29 is 14.3 Å². The molecule has 1 rings (SSSR count). The molecule has 1 heterocycles. The summed E-state index contributed by atoms with van der Waals surface area (Å²) in [6.07, 6.45) is 5.76. The van der Waals surface area contributed by atoms with Crippen molar-refractivity contribution in [1.82, 2.24) is 5.43 Å². The molecular weight excluding hydrogens is 246 g/mol. The van der Waals surface area contributed by atoms with Gasteiger partial charge in [-0.3, -0.25) is 4.79 Å². The predicted molar refractivity (Wildman–Crippen MR) is 72.6 cm³/mol. The van der Waals surface area contributed by atoms with Gasteiger partial charge in [-0.25, -0.2) is 10.2 Å². The van der Waals surface area contributed by atoms with Crippen molar-refractivity contribution in [2.45, 2.75) is 58.5 Å². The summed E-state index contributed by atoms with van der Waals surface area (Å²) in [5.74, 6) is -0.198. The summed E-state index contributed by atoms with van der Waals surface area (Å²) >= 11 is 0. The van der Waals surface area contributed by atoms with Crippen LogP contribution in [0.3, 0.4) is 0 Å². The number of cyclic esters (lactones) is 1. The van der Waals surface area contributed by atoms with Crippen molar-refractivity contribution in [1.29, 1.82) is 0 Å². The number of esters is 1. The molecule has 1 fully saturated rings. The number of ether oxygens (including phenoxy) is 1. The van der Waals surface area contributed by atoms with E-state index in [9.17, 15) is 9.59 Å². The Morgan fingerprint density at radius 3 is 2.84 bits per heavy atom. The van der Waals surface area contributed by atoms with Gasteiger partial charge in [-0.1, -0.05) is 32.6 Å². The number of carbonyl (C=O) groups is 2. The minimum atomic E-state index is -0.722. The Kier molecular flexibility index (Phi) is 6.32. The number of rotatable bonds is 7. The monoisotopic (exact) mass is 269 g/mol. The number of hydrogen-bond acceptors (Lipinski definition) is 4. The van der Waals surface area contributed by atoms with E-state index in [4.69, 9.17) is 10.5 Å². The SMILES string of the molecule is CCCCCC[C@H]1C[C@@H](/C(C)=N/NC(N)=O)OC1=O. The Morgan fingerprint density at radius 2 is 2.21 bits per heavy atom. The van der Waals surface area contributed by atoms with Gasteiger partial charge in [-0.2, -0.15) is 5.10 Å². The standard InChI is InChI=1S/C13H23N3O3/c1-3-4-5-6-7-10-8-11(19-12(10)17)9(2)15-16-13(14)18/h10-11H,3-8H2,1-2H3,(H3,14,16,18)/b15-9+/t10-,11-/m0/s1. The van der Waals surface area contributed by atoms with E-state index in [2.05, 4.69) is 17.5 Å². The highest BCUT2D eigenvalue weighted by atomic mass is 16.6. The highest BCUT2D eigenvalue weighted by Crippen LogP contribution is 2.27. The number of amides is 2. The summed E-state index contributed by atoms with van der Waals surface area (Å²) in [5.41, 5.74) is 7.64. The Bertz CT molecular complexity index is 355. The lowest BCUT2D eigenvalue weighted by Gasteiger charge is -2.07. The third-order valence-corrected chi connectivity index (χ3v) is 3.30. The molecule has 0 spiro atoms. The normalized spacial score (nSPS) is 23.3. The minimum absolute atomic E-state index is 0.0411. The third kappa shape index (κ3) is 5.28. The molecule has 0 aromatic heterocycles. The zero-order chi connectivity index (χ0) is 14.3. The van der Waals surface area contributed by atoms with Gasteiger partial charge in [0.15, 0.2) is 0 Å². The molecule has 0 radical (unpaired) electrons. The second-order valence-electron chi connectivity index (χ2n) is 4.94. The fourth-order valence-electron chi connectivity index (χ4n) is 2.16. The van der Waals surface area contributed by atoms with Crippen molar-refractivity contribution in [3.05, 3.63) is 0 Å². The molecule has 0 saturated carbocycles. The zero-order valence-corrected chi connectivity index (χ0v) is 11.6. The molecule has 6 heteroatoms. The maximum absolute atomic E-state index is 11.7. The van der Waals surface area contributed by atoms with E-state index in [1.165, 1.54) is 12.8 Å². The molecule has 0 aromatic carbocycles. The van der Waals surface area contributed by atoms with Gasteiger partial charge in [0.2, 0.25) is 0 Å². The lowest BCUT2D eigenvalue weighted by molar-refractivity contribution is -0.142. The van der Waals surface area contributed by atoms with E-state index >= 15 is 0 Å². The summed E-state index contributed by atoms with van der Waals surface area (Å²) in [4.78, 5) is 22.2. The van der Waals surface area contributed by atoms with Crippen LogP contribution in [-0.4, -0.2) is 23.8 Å². The van der Waals surface area contributed by atoms with Crippen LogP contribution in [0.15, 0.2) is 5.10 Å². The molecule has 19 heavy (non-hydrogen) atoms. The molecule has 2 atom stereocenters. The van der Waals surface area contributed by atoms with Gasteiger partial charge in [0.05, 0.1) is 11.6 Å². The second-order valence-corrected chi connectivity index (χ2v) is 4.94. The van der Waals surface area contributed by atoms with Crippen LogP contribution in [0.5, 0.6) is 0 Å². The third-order valence-electron chi connectivity index (χ3n) is 3.30. The van der Waals surface area contributed by atoms with E-state index in [-0.39, 0.29) is 18.0 Å². The molecule has 6 nitrogen and oxygen atoms in total. The van der Waals surface area contributed by atoms with Gasteiger partial charge in [0.25, 0.3) is 0 Å². The molecular formula is C13H23N3O3. The molecule has 0 unspecified atom stereocenters. The van der Waals surface area contributed by atoms with Gasteiger partial charge in [0.1, 0.15) is 6.10 Å². The van der Waals surface area contributed by atoms with Crippen molar-refractivity contribution >= 4 is 17.7 Å². The highest BCUT2D eigenvalue weighted by Gasteiger charge is 2.35. The number of nitrogens with one attached hydrogen (secondary N) is 1. The summed E-state index contributed by atoms with van der Waals surface area (Å²) in [6, 6.07) is -0.722. The first kappa shape index (κ1) is 15.5. The molecule has 1 aliphatic rings. The number of urea groups is 1. The van der Waals surface area contributed by atoms with Gasteiger partial charge in [0, 0.05) is 6.42 Å². The molecule has 108 valence electrons. The van der Waals surface area contributed by atoms with Crippen LogP contribution in [0.2, 0.25) is 0 Å². The largest absolute Gasteiger partial charge is 0.456 e. The Labute approximate surface area is 113 Å². The summed E-state index contributed by atoms with van der Waals surface area (Å²) in [7, 11) is 0. The summed E-state index contributed by atoms with van der Waals surface area (Å²) in [5, 5.41) is 3.80. The molecule has 1 saturated heterocycles. The molecule has 0 aromatic rings. The smallest absolute Gasteiger partial charge is 0.332 e. The van der Waals surface area contributed by atoms with Crippen LogP contribution in [0.4, 0.5) is 4.79 Å². The van der Waals surface area contributed by atoms with Crippen molar-refractivity contribution in [2.24, 2.45) is 16.8 Å². The van der Waals surface area contributed by atoms with Crippen LogP contribution in [0.1, 0.15) is 52.4 Å². The van der Waals surface area contributed by atoms with E-state index in [1.807, 2.05) is 0 Å². The topological polar surface area (TPSA) is 93.8 Å². The number of primary amides is 1. The second kappa shape index (κ2) is 7.76. The van der Waals surface area contributed by atoms with Gasteiger partial charge in [-0.05, 0) is 13.3 Å². The van der Waals surface area contributed by atoms with Crippen LogP contribution in [-0.2, 0) is 9.53 Å². The Morgan fingerprint density at radius 1 is 1.47 bits per heavy atom. The predicted octanol–water partition coefficient (Wildman–Crippen LogP) is 1.93. The molecule has 3 N–H and O–H groups in total. The quantitative estimate of drug-likeness (QED) is 0.320. The number of hydrazone groups is 1. The van der Waals surface area contributed by atoms with Gasteiger partial charge in [-0.15, -0.1) is 0 Å². The van der Waals surface area contributed by atoms with Gasteiger partial charge >= 0.3 is 12.0 Å². The summed E-state index contributed by atoms with van der Waals surface area (Å²) < 4.78 is 5.26. The zero-order valence-electron chi connectivity index (χ0n) is 11.6. The average molecular weight is 269 g/mol. The van der Waals surface area contributed by atoms with Crippen LogP contribution < -0.4 is 11.2 Å². The van der Waals surface area contributed by atoms with Gasteiger partial charge < -0.3 is 10.5 Å². The lowest BCUT2D eigenvalue weighted by atomic mass is 9.96. The maximum Gasteiger partial charge on any atom is 0.332 e. The van der Waals surface area contributed by atoms with Crippen LogP contribution >= 0.6 is 0 Å². The first-order valence-electron chi connectivity index (χ1n) is 6.84. The number of nitrogens with two attached hydrogens (primary N) is 1. The molecule has 1 aliphatic heterocycles. The Hall–Kier alpha value is -1.59. The van der Waals surface area contributed by atoms with Crippen molar-refractivity contribution in [3.63, 3.8) is 0 Å². The van der Waals surface area contributed by atoms with E-state index in [1.54, 1.807) is 6.92 Å². The lowest BCUT2D eigenvalue weighted by Crippen LogP contribution is -2.28. The average Bonchev–Trinajstić information content (AvgIpc) is 2.73. The maximum atomic E-state index is 11.7. The van der Waals surface area contributed by atoms with Crippen molar-refractivity contribution in [2.75, 3.05) is 0 Å². The summed E-state index contributed by atoms with van der Waals surface area (Å²) in [6.45, 7) is 3.87. The first-order valence-corrected chi connectivity index (χ1v) is 6.84. The van der Waals surface area contributed by atoms with Crippen LogP contribution in [0, 0.1) is 5.92 Å². The van der Waals surface area contributed by atoms with E-state index < -0.39 is 6.03 Å². The molecule has 2 amide bonds. The highest BCUT2D eigenvalue weighted by molar-refractivity contribution is 5.91. The van der Waals surface area contributed by atoms with E-state index in [0.29, 0.717) is 12.1 Å². The molecule has 0 bridgehead atoms. The van der Waals surface area contributed by atoms with E-state index in [0.717, 1.165) is 19.3 Å². The molecule has 0 aliphatic carbocycles. The first-order chi connectivity index (χ1) is 9.04. The minimum Gasteiger partial charge on any atom is -0.456 e. The fraction of sp³-hybridized carbons (Fsp3) is 0.769. The number of unbranched alkanes of at least 4 members (excludes halogenated alkanes) is 3. The fourth-order valence-corrected chi connectivity index (χ4v) is 2.16. The number of hydrogen-bond donors (Lipinski definition) is 2.